The Bertz CT molecular complexity index is 781. The van der Waals surface area contributed by atoms with E-state index in [0.717, 1.165) is 0 Å². The number of carbonyl (C=O) groups excluding carboxylic acids is 1. The van der Waals surface area contributed by atoms with E-state index in [-0.39, 0.29) is 30.7 Å². The normalized spacial score (nSPS) is 19.0. The second-order valence-electron chi connectivity index (χ2n) is 8.11. The third kappa shape index (κ3) is 5.66. The van der Waals surface area contributed by atoms with Gasteiger partial charge in [-0.1, -0.05) is 0 Å². The molecule has 168 valence electrons. The fraction of sp³-hybridized carbons (Fsp3) is 0.722. The molecule has 1 fully saturated rings. The largest absolute Gasteiger partial charge is 0.467 e. The van der Waals surface area contributed by atoms with Gasteiger partial charge >= 0.3 is 17.7 Å². The minimum absolute atomic E-state index is 0.0514. The second kappa shape index (κ2) is 9.39. The van der Waals surface area contributed by atoms with Gasteiger partial charge in [-0.25, -0.2) is 4.79 Å². The molecule has 0 saturated carbocycles. The van der Waals surface area contributed by atoms with Crippen molar-refractivity contribution < 1.29 is 24.3 Å². The van der Waals surface area contributed by atoms with Crippen LogP contribution in [-0.4, -0.2) is 76.5 Å². The average molecular weight is 426 g/mol. The minimum atomic E-state index is -0.821. The number of methoxy groups -OCH3 is 1. The van der Waals surface area contributed by atoms with Crippen LogP contribution in [0, 0.1) is 10.1 Å². The van der Waals surface area contributed by atoms with E-state index < -0.39 is 40.4 Å². The van der Waals surface area contributed by atoms with E-state index in [1.807, 2.05) is 0 Å². The van der Waals surface area contributed by atoms with Gasteiger partial charge in [0.05, 0.1) is 24.2 Å². The zero-order valence-electron chi connectivity index (χ0n) is 18.1. The van der Waals surface area contributed by atoms with Gasteiger partial charge in [-0.3, -0.25) is 10.1 Å². The first kappa shape index (κ1) is 23.5. The second-order valence-corrected chi connectivity index (χ2v) is 8.11. The summed E-state index contributed by atoms with van der Waals surface area (Å²) >= 11 is 0. The number of anilines is 2. The van der Waals surface area contributed by atoms with Crippen LogP contribution in [-0.2, 0) is 9.53 Å². The number of aromatic nitrogens is 2. The molecule has 12 nitrogen and oxygen atoms in total. The number of hydrogen-bond donors (Lipinski definition) is 3. The Labute approximate surface area is 175 Å². The maximum atomic E-state index is 12.8. The maximum Gasteiger partial charge on any atom is 0.353 e. The van der Waals surface area contributed by atoms with Crippen molar-refractivity contribution in [3.63, 3.8) is 0 Å². The Morgan fingerprint density at radius 3 is 2.60 bits per heavy atom. The van der Waals surface area contributed by atoms with Crippen LogP contribution < -0.4 is 20.3 Å². The molecular formula is C18H30N6O6. The summed E-state index contributed by atoms with van der Waals surface area (Å²) in [4.78, 5) is 33.9. The highest BCUT2D eigenvalue weighted by Crippen LogP contribution is 2.36. The van der Waals surface area contributed by atoms with E-state index in [1.54, 1.807) is 34.6 Å². The number of carbonyl (C=O) groups is 1. The molecule has 0 aliphatic carbocycles. The van der Waals surface area contributed by atoms with Crippen molar-refractivity contribution in [3.05, 3.63) is 10.1 Å². The fourth-order valence-corrected chi connectivity index (χ4v) is 2.86. The van der Waals surface area contributed by atoms with Crippen LogP contribution in [0.15, 0.2) is 0 Å². The van der Waals surface area contributed by atoms with Crippen LogP contribution in [0.4, 0.5) is 17.3 Å². The monoisotopic (exact) mass is 426 g/mol. The number of aliphatic hydroxyl groups is 1. The highest BCUT2D eigenvalue weighted by atomic mass is 16.6. The van der Waals surface area contributed by atoms with Gasteiger partial charge in [-0.05, 0) is 34.6 Å². The molecule has 30 heavy (non-hydrogen) atoms. The van der Waals surface area contributed by atoms with Gasteiger partial charge in [0, 0.05) is 19.6 Å². The van der Waals surface area contributed by atoms with Gasteiger partial charge in [0.2, 0.25) is 11.6 Å². The molecule has 0 bridgehead atoms. The van der Waals surface area contributed by atoms with Gasteiger partial charge < -0.3 is 30.1 Å². The van der Waals surface area contributed by atoms with E-state index in [2.05, 4.69) is 20.6 Å². The SMILES string of the molecule is COc1nc(N[C@@H](C)[C@H](C)O)c([N+](=O)[O-])c(N2CCNCC2C(=O)OC(C)(C)C)n1. The van der Waals surface area contributed by atoms with Gasteiger partial charge in [0.25, 0.3) is 0 Å². The molecule has 1 saturated heterocycles. The van der Waals surface area contributed by atoms with E-state index in [4.69, 9.17) is 9.47 Å². The maximum absolute atomic E-state index is 12.8. The van der Waals surface area contributed by atoms with Gasteiger partial charge in [-0.15, -0.1) is 0 Å². The lowest BCUT2D eigenvalue weighted by Gasteiger charge is -2.36. The zero-order chi connectivity index (χ0) is 22.6. The smallest absolute Gasteiger partial charge is 0.353 e. The first-order chi connectivity index (χ1) is 13.9. The molecule has 2 rings (SSSR count). The standard InChI is InChI=1S/C18H30N6O6/c1-10(11(2)25)20-14-13(24(27)28)15(22-17(21-14)29-6)23-8-7-19-9-12(23)16(26)30-18(3,4)5/h10-12,19,25H,7-9H2,1-6H3,(H,20,21,22)/t10-,11-,12?/m0/s1. The number of hydrogen-bond acceptors (Lipinski definition) is 11. The Kier molecular flexibility index (Phi) is 7.37. The molecular weight excluding hydrogens is 396 g/mol. The molecule has 12 heteroatoms. The number of ether oxygens (including phenoxy) is 2. The van der Waals surface area contributed by atoms with E-state index in [0.29, 0.717) is 6.54 Å². The summed E-state index contributed by atoms with van der Waals surface area (Å²) in [7, 11) is 1.34. The molecule has 1 unspecified atom stereocenters. The topological polar surface area (TPSA) is 152 Å². The van der Waals surface area contributed by atoms with Crippen LogP contribution in [0.1, 0.15) is 34.6 Å². The van der Waals surface area contributed by atoms with Crippen LogP contribution in [0.25, 0.3) is 0 Å². The number of nitrogens with zero attached hydrogens (tertiary/aromatic N) is 4. The minimum Gasteiger partial charge on any atom is -0.467 e. The number of piperazine rings is 1. The van der Waals surface area contributed by atoms with Gasteiger partial charge in [0.1, 0.15) is 11.6 Å². The summed E-state index contributed by atoms with van der Waals surface area (Å²) in [6.07, 6.45) is -0.789. The third-order valence-corrected chi connectivity index (χ3v) is 4.49. The zero-order valence-corrected chi connectivity index (χ0v) is 18.1. The van der Waals surface area contributed by atoms with Gasteiger partial charge in [-0.2, -0.15) is 9.97 Å². The lowest BCUT2D eigenvalue weighted by molar-refractivity contribution is -0.383. The molecule has 3 atom stereocenters. The summed E-state index contributed by atoms with van der Waals surface area (Å²) in [6, 6.07) is -1.45. The molecule has 3 N–H and O–H groups in total. The Morgan fingerprint density at radius 2 is 2.07 bits per heavy atom. The average Bonchev–Trinajstić information content (AvgIpc) is 2.65. The molecule has 0 aromatic carbocycles. The Balaban J connectivity index is 2.56. The first-order valence-electron chi connectivity index (χ1n) is 9.69. The number of nitro groups is 1. The number of esters is 1. The van der Waals surface area contributed by atoms with E-state index in [9.17, 15) is 20.0 Å². The molecule has 0 spiro atoms. The van der Waals surface area contributed by atoms with Gasteiger partial charge in [0.15, 0.2) is 0 Å². The lowest BCUT2D eigenvalue weighted by atomic mass is 10.1. The molecule has 0 amide bonds. The predicted molar refractivity (Wildman–Crippen MR) is 110 cm³/mol. The van der Waals surface area contributed by atoms with Crippen molar-refractivity contribution in [2.45, 2.75) is 58.4 Å². The van der Waals surface area contributed by atoms with Crippen molar-refractivity contribution in [3.8, 4) is 6.01 Å². The van der Waals surface area contributed by atoms with Crippen molar-refractivity contribution in [1.29, 1.82) is 0 Å². The highest BCUT2D eigenvalue weighted by molar-refractivity contribution is 5.83. The summed E-state index contributed by atoms with van der Waals surface area (Å²) in [5.41, 5.74) is -1.12. The Hall–Kier alpha value is -2.73. The summed E-state index contributed by atoms with van der Waals surface area (Å²) in [5.74, 6) is -0.672. The highest BCUT2D eigenvalue weighted by Gasteiger charge is 2.39. The van der Waals surface area contributed by atoms with Crippen molar-refractivity contribution in [2.24, 2.45) is 0 Å². The molecule has 1 aliphatic heterocycles. The molecule has 1 aliphatic rings. The number of rotatable bonds is 7. The summed E-state index contributed by atoms with van der Waals surface area (Å²) in [6.45, 7) is 9.50. The molecule has 0 radical (unpaired) electrons. The van der Waals surface area contributed by atoms with Crippen LogP contribution in [0.5, 0.6) is 6.01 Å². The van der Waals surface area contributed by atoms with Crippen molar-refractivity contribution in [1.82, 2.24) is 15.3 Å². The van der Waals surface area contributed by atoms with E-state index in [1.165, 1.54) is 12.0 Å². The van der Waals surface area contributed by atoms with Crippen molar-refractivity contribution in [2.75, 3.05) is 37.0 Å². The fourth-order valence-electron chi connectivity index (χ4n) is 2.86. The van der Waals surface area contributed by atoms with Crippen LogP contribution in [0.3, 0.4) is 0 Å². The molecule has 1 aromatic heterocycles. The first-order valence-corrected chi connectivity index (χ1v) is 9.69. The van der Waals surface area contributed by atoms with Crippen LogP contribution in [0.2, 0.25) is 0 Å². The van der Waals surface area contributed by atoms with Crippen LogP contribution >= 0.6 is 0 Å². The third-order valence-electron chi connectivity index (χ3n) is 4.49. The number of aliphatic hydroxyl groups excluding tert-OH is 1. The predicted octanol–water partition coefficient (Wildman–Crippen LogP) is 0.695. The lowest BCUT2D eigenvalue weighted by Crippen LogP contribution is -2.57. The summed E-state index contributed by atoms with van der Waals surface area (Å²) in [5, 5.41) is 27.7. The number of nitrogens with one attached hydrogen (secondary N) is 2. The van der Waals surface area contributed by atoms with Crippen molar-refractivity contribution >= 4 is 23.3 Å². The van der Waals surface area contributed by atoms with E-state index >= 15 is 0 Å². The quantitative estimate of drug-likeness (QED) is 0.321. The molecule has 1 aromatic rings. The Morgan fingerprint density at radius 1 is 1.40 bits per heavy atom. The summed E-state index contributed by atoms with van der Waals surface area (Å²) < 4.78 is 10.6. The molecule has 2 heterocycles.